The summed E-state index contributed by atoms with van der Waals surface area (Å²) in [4.78, 5) is 0. The predicted octanol–water partition coefficient (Wildman–Crippen LogP) is 2.30. The van der Waals surface area contributed by atoms with Gasteiger partial charge in [0.05, 0.1) is 24.4 Å². The van der Waals surface area contributed by atoms with Crippen LogP contribution in [-0.2, 0) is 4.74 Å². The molecule has 4 heteroatoms. The average molecular weight is 262 g/mol. The van der Waals surface area contributed by atoms with Crippen molar-refractivity contribution in [3.05, 3.63) is 29.8 Å². The molecule has 1 aromatic rings. The molecule has 1 aliphatic carbocycles. The number of ether oxygens (including phenoxy) is 2. The van der Waals surface area contributed by atoms with Crippen molar-refractivity contribution in [2.24, 2.45) is 5.84 Å². The second kappa shape index (κ2) is 5.49. The van der Waals surface area contributed by atoms with Crippen LogP contribution in [0.4, 0.5) is 0 Å². The topological polar surface area (TPSA) is 56.5 Å². The predicted molar refractivity (Wildman–Crippen MR) is 73.7 cm³/mol. The zero-order valence-corrected chi connectivity index (χ0v) is 11.3. The largest absolute Gasteiger partial charge is 0.490 e. The average Bonchev–Trinajstić information content (AvgIpc) is 3.13. The zero-order chi connectivity index (χ0) is 13.2. The highest BCUT2D eigenvalue weighted by Gasteiger charge is 2.30. The summed E-state index contributed by atoms with van der Waals surface area (Å²) in [5, 5.41) is 0. The maximum absolute atomic E-state index is 5.90. The fourth-order valence-electron chi connectivity index (χ4n) is 2.63. The van der Waals surface area contributed by atoms with Gasteiger partial charge in [0.15, 0.2) is 0 Å². The van der Waals surface area contributed by atoms with Crippen LogP contribution in [0.1, 0.15) is 44.2 Å². The highest BCUT2D eigenvalue weighted by Crippen LogP contribution is 2.31. The van der Waals surface area contributed by atoms with Gasteiger partial charge in [0, 0.05) is 0 Å². The number of hydrogen-bond acceptors (Lipinski definition) is 4. The van der Waals surface area contributed by atoms with E-state index in [1.165, 1.54) is 12.8 Å². The lowest BCUT2D eigenvalue weighted by Gasteiger charge is -2.23. The van der Waals surface area contributed by atoms with Crippen molar-refractivity contribution in [3.8, 4) is 5.75 Å². The molecule has 1 aliphatic heterocycles. The molecule has 2 fully saturated rings. The molecular formula is C15H22N2O2. The van der Waals surface area contributed by atoms with E-state index in [1.54, 1.807) is 0 Å². The van der Waals surface area contributed by atoms with Crippen LogP contribution in [0.2, 0.25) is 0 Å². The second-order valence-electron chi connectivity index (χ2n) is 5.59. The normalized spacial score (nSPS) is 28.3. The molecule has 3 rings (SSSR count). The fourth-order valence-corrected chi connectivity index (χ4v) is 2.63. The molecule has 0 radical (unpaired) electrons. The minimum Gasteiger partial charge on any atom is -0.490 e. The summed E-state index contributed by atoms with van der Waals surface area (Å²) in [7, 11) is 0. The van der Waals surface area contributed by atoms with Crippen molar-refractivity contribution < 1.29 is 9.47 Å². The van der Waals surface area contributed by atoms with Crippen molar-refractivity contribution >= 4 is 0 Å². The quantitative estimate of drug-likeness (QED) is 0.631. The smallest absolute Gasteiger partial charge is 0.119 e. The molecule has 1 saturated heterocycles. The molecule has 1 saturated carbocycles. The van der Waals surface area contributed by atoms with E-state index in [4.69, 9.17) is 15.3 Å². The molecule has 0 aromatic heterocycles. The maximum Gasteiger partial charge on any atom is 0.119 e. The van der Waals surface area contributed by atoms with Gasteiger partial charge in [-0.05, 0) is 50.3 Å². The molecule has 4 nitrogen and oxygen atoms in total. The molecule has 0 bridgehead atoms. The fraction of sp³-hybridized carbons (Fsp3) is 0.600. The minimum atomic E-state index is 0.0555. The van der Waals surface area contributed by atoms with E-state index in [2.05, 4.69) is 24.5 Å². The van der Waals surface area contributed by atoms with Crippen molar-refractivity contribution in [1.29, 1.82) is 0 Å². The van der Waals surface area contributed by atoms with Crippen LogP contribution in [0.3, 0.4) is 0 Å². The first kappa shape index (κ1) is 12.9. The summed E-state index contributed by atoms with van der Waals surface area (Å²) in [5.41, 5.74) is 4.04. The van der Waals surface area contributed by atoms with Gasteiger partial charge in [-0.1, -0.05) is 12.1 Å². The summed E-state index contributed by atoms with van der Waals surface area (Å²) >= 11 is 0. The van der Waals surface area contributed by atoms with Crippen LogP contribution in [0.5, 0.6) is 5.75 Å². The second-order valence-corrected chi connectivity index (χ2v) is 5.59. The van der Waals surface area contributed by atoms with Gasteiger partial charge < -0.3 is 9.47 Å². The third-order valence-corrected chi connectivity index (χ3v) is 3.88. The van der Waals surface area contributed by atoms with Gasteiger partial charge in [-0.25, -0.2) is 0 Å². The van der Waals surface area contributed by atoms with Gasteiger partial charge in [-0.2, -0.15) is 0 Å². The van der Waals surface area contributed by atoms with Gasteiger partial charge >= 0.3 is 0 Å². The Hall–Kier alpha value is -1.10. The van der Waals surface area contributed by atoms with Crippen LogP contribution in [0.15, 0.2) is 24.3 Å². The lowest BCUT2D eigenvalue weighted by molar-refractivity contribution is 0.0316. The van der Waals surface area contributed by atoms with E-state index in [0.717, 1.165) is 24.2 Å². The molecule has 3 atom stereocenters. The lowest BCUT2D eigenvalue weighted by Crippen LogP contribution is -2.36. The number of benzene rings is 1. The van der Waals surface area contributed by atoms with Crippen LogP contribution < -0.4 is 16.0 Å². The SMILES string of the molecule is CC1CCC(C(NN)c2ccc(OC3CC3)cc2)O1. The molecule has 3 N–H and O–H groups in total. The molecule has 0 spiro atoms. The van der Waals surface area contributed by atoms with E-state index >= 15 is 0 Å². The number of hydrogen-bond donors (Lipinski definition) is 2. The first-order valence-electron chi connectivity index (χ1n) is 7.14. The standard InChI is InChI=1S/C15H22N2O2/c1-10-2-9-14(18-10)15(17-16)11-3-5-12(6-4-11)19-13-7-8-13/h3-6,10,13-15,17H,2,7-9,16H2,1H3. The van der Waals surface area contributed by atoms with E-state index in [9.17, 15) is 0 Å². The Labute approximate surface area is 114 Å². The van der Waals surface area contributed by atoms with Crippen LogP contribution in [0.25, 0.3) is 0 Å². The van der Waals surface area contributed by atoms with Gasteiger partial charge in [0.25, 0.3) is 0 Å². The third-order valence-electron chi connectivity index (χ3n) is 3.88. The van der Waals surface area contributed by atoms with E-state index in [-0.39, 0.29) is 12.1 Å². The highest BCUT2D eigenvalue weighted by atomic mass is 16.5. The van der Waals surface area contributed by atoms with E-state index in [1.807, 2.05) is 12.1 Å². The van der Waals surface area contributed by atoms with Gasteiger partial charge in [0.1, 0.15) is 5.75 Å². The first-order chi connectivity index (χ1) is 9.26. The molecule has 19 heavy (non-hydrogen) atoms. The molecule has 0 amide bonds. The van der Waals surface area contributed by atoms with Crippen molar-refractivity contribution in [1.82, 2.24) is 5.43 Å². The van der Waals surface area contributed by atoms with Crippen molar-refractivity contribution in [3.63, 3.8) is 0 Å². The Bertz CT molecular complexity index is 417. The summed E-state index contributed by atoms with van der Waals surface area (Å²) in [5.74, 6) is 6.64. The lowest BCUT2D eigenvalue weighted by atomic mass is 10.00. The Morgan fingerprint density at radius 2 is 1.95 bits per heavy atom. The number of nitrogens with two attached hydrogens (primary N) is 1. The Kier molecular flexibility index (Phi) is 3.73. The number of nitrogens with one attached hydrogen (secondary N) is 1. The molecule has 3 unspecified atom stereocenters. The van der Waals surface area contributed by atoms with Crippen molar-refractivity contribution in [2.45, 2.75) is 57.0 Å². The summed E-state index contributed by atoms with van der Waals surface area (Å²) in [6, 6.07) is 8.26. The minimum absolute atomic E-state index is 0.0555. The van der Waals surface area contributed by atoms with Gasteiger partial charge in [-0.3, -0.25) is 11.3 Å². The van der Waals surface area contributed by atoms with Gasteiger partial charge in [-0.15, -0.1) is 0 Å². The first-order valence-corrected chi connectivity index (χ1v) is 7.14. The van der Waals surface area contributed by atoms with E-state index < -0.39 is 0 Å². The molecule has 1 heterocycles. The van der Waals surface area contributed by atoms with Crippen LogP contribution in [0, 0.1) is 0 Å². The third kappa shape index (κ3) is 3.08. The molecule has 104 valence electrons. The Morgan fingerprint density at radius 3 is 2.47 bits per heavy atom. The van der Waals surface area contributed by atoms with Crippen molar-refractivity contribution in [2.75, 3.05) is 0 Å². The molecule has 2 aliphatic rings. The summed E-state index contributed by atoms with van der Waals surface area (Å²) in [6.45, 7) is 2.11. The molecular weight excluding hydrogens is 240 g/mol. The molecule has 1 aromatic carbocycles. The number of hydrazine groups is 1. The van der Waals surface area contributed by atoms with E-state index in [0.29, 0.717) is 12.2 Å². The monoisotopic (exact) mass is 262 g/mol. The Balaban J connectivity index is 1.68. The van der Waals surface area contributed by atoms with Gasteiger partial charge in [0.2, 0.25) is 0 Å². The number of rotatable bonds is 5. The summed E-state index contributed by atoms with van der Waals surface area (Å²) < 4.78 is 11.7. The summed E-state index contributed by atoms with van der Waals surface area (Å²) in [6.07, 6.45) is 5.45. The van der Waals surface area contributed by atoms with Crippen LogP contribution >= 0.6 is 0 Å². The highest BCUT2D eigenvalue weighted by molar-refractivity contribution is 5.30. The zero-order valence-electron chi connectivity index (χ0n) is 11.3. The Morgan fingerprint density at radius 1 is 1.21 bits per heavy atom. The maximum atomic E-state index is 5.90. The van der Waals surface area contributed by atoms with Crippen LogP contribution in [-0.4, -0.2) is 18.3 Å².